The fourth-order valence-electron chi connectivity index (χ4n) is 3.03. The lowest BCUT2D eigenvalue weighted by Crippen LogP contribution is -2.52. The highest BCUT2D eigenvalue weighted by Crippen LogP contribution is 2.30. The van der Waals surface area contributed by atoms with E-state index in [1.54, 1.807) is 0 Å². The van der Waals surface area contributed by atoms with Crippen molar-refractivity contribution in [2.45, 2.75) is 46.7 Å². The van der Waals surface area contributed by atoms with Gasteiger partial charge in [0.1, 0.15) is 0 Å². The molecule has 0 spiro atoms. The number of hydrogen-bond donors (Lipinski definition) is 1. The molecule has 114 valence electrons. The number of piperidine rings is 1. The van der Waals surface area contributed by atoms with E-state index in [4.69, 9.17) is 17.3 Å². The van der Waals surface area contributed by atoms with Crippen molar-refractivity contribution in [1.82, 2.24) is 4.90 Å². The van der Waals surface area contributed by atoms with Gasteiger partial charge in [-0.3, -0.25) is 4.90 Å². The molecule has 0 bridgehead atoms. The van der Waals surface area contributed by atoms with Gasteiger partial charge in [-0.25, -0.2) is 0 Å². The summed E-state index contributed by atoms with van der Waals surface area (Å²) in [7, 11) is 0. The molecule has 1 aliphatic rings. The molecule has 2 rings (SSSR count). The summed E-state index contributed by atoms with van der Waals surface area (Å²) in [6.07, 6.45) is 1.08. The van der Waals surface area contributed by atoms with E-state index in [1.165, 1.54) is 16.7 Å². The molecule has 20 heavy (non-hydrogen) atoms. The third kappa shape index (κ3) is 3.88. The second-order valence-electron chi connectivity index (χ2n) is 6.61. The molecule has 1 saturated heterocycles. The van der Waals surface area contributed by atoms with Gasteiger partial charge in [-0.15, -0.1) is 12.4 Å². The third-order valence-corrected chi connectivity index (χ3v) is 4.65. The Hall–Kier alpha value is -0.280. The molecule has 2 nitrogen and oxygen atoms in total. The normalized spacial score (nSPS) is 22.4. The summed E-state index contributed by atoms with van der Waals surface area (Å²) in [5.41, 5.74) is 10.4. The fourth-order valence-corrected chi connectivity index (χ4v) is 3.36. The molecule has 1 aliphatic heterocycles. The summed E-state index contributed by atoms with van der Waals surface area (Å²) in [5.74, 6) is 0. The number of hydrogen-bond acceptors (Lipinski definition) is 2. The maximum atomic E-state index is 6.20. The van der Waals surface area contributed by atoms with Gasteiger partial charge in [-0.2, -0.15) is 0 Å². The predicted molar refractivity (Wildman–Crippen MR) is 89.8 cm³/mol. The summed E-state index contributed by atoms with van der Waals surface area (Å²) >= 11 is 6.10. The largest absolute Gasteiger partial charge is 0.327 e. The van der Waals surface area contributed by atoms with Gasteiger partial charge in [0.2, 0.25) is 0 Å². The van der Waals surface area contributed by atoms with Gasteiger partial charge in [0, 0.05) is 30.7 Å². The maximum Gasteiger partial charge on any atom is 0.0411 e. The van der Waals surface area contributed by atoms with Crippen molar-refractivity contribution in [2.75, 3.05) is 13.1 Å². The van der Waals surface area contributed by atoms with Gasteiger partial charge in [-0.1, -0.05) is 25.4 Å². The molecule has 1 heterocycles. The first-order chi connectivity index (χ1) is 8.79. The van der Waals surface area contributed by atoms with Crippen LogP contribution in [0.25, 0.3) is 0 Å². The number of nitrogens with two attached hydrogens (primary N) is 1. The van der Waals surface area contributed by atoms with Crippen LogP contribution in [-0.2, 0) is 6.54 Å². The maximum absolute atomic E-state index is 6.20. The van der Waals surface area contributed by atoms with E-state index in [9.17, 15) is 0 Å². The fraction of sp³-hybridized carbons (Fsp3) is 0.625. The summed E-state index contributed by atoms with van der Waals surface area (Å²) in [5, 5.41) is 0.833. The molecular weight excluding hydrogens is 291 g/mol. The molecule has 0 amide bonds. The van der Waals surface area contributed by atoms with Crippen LogP contribution in [0.5, 0.6) is 0 Å². The molecule has 1 atom stereocenters. The van der Waals surface area contributed by atoms with Crippen molar-refractivity contribution in [3.63, 3.8) is 0 Å². The van der Waals surface area contributed by atoms with E-state index in [0.29, 0.717) is 6.04 Å². The van der Waals surface area contributed by atoms with Gasteiger partial charge in [0.15, 0.2) is 0 Å². The zero-order valence-corrected chi connectivity index (χ0v) is 14.4. The topological polar surface area (TPSA) is 29.3 Å². The van der Waals surface area contributed by atoms with Crippen molar-refractivity contribution in [3.8, 4) is 0 Å². The van der Waals surface area contributed by atoms with E-state index in [-0.39, 0.29) is 17.8 Å². The summed E-state index contributed by atoms with van der Waals surface area (Å²) in [4.78, 5) is 2.52. The number of halogens is 2. The number of benzene rings is 1. The quantitative estimate of drug-likeness (QED) is 0.895. The highest BCUT2D eigenvalue weighted by atomic mass is 35.5. The minimum Gasteiger partial charge on any atom is -0.327 e. The van der Waals surface area contributed by atoms with E-state index in [2.05, 4.69) is 44.7 Å². The molecular formula is C16H26Cl2N2. The van der Waals surface area contributed by atoms with Crippen LogP contribution >= 0.6 is 24.0 Å². The first-order valence-electron chi connectivity index (χ1n) is 7.03. The van der Waals surface area contributed by atoms with Gasteiger partial charge >= 0.3 is 0 Å². The number of rotatable bonds is 2. The van der Waals surface area contributed by atoms with Crippen LogP contribution in [0.15, 0.2) is 12.1 Å². The third-order valence-electron chi connectivity index (χ3n) is 4.43. The zero-order valence-electron chi connectivity index (χ0n) is 12.9. The second kappa shape index (κ2) is 6.65. The summed E-state index contributed by atoms with van der Waals surface area (Å²) < 4.78 is 0. The first-order valence-corrected chi connectivity index (χ1v) is 7.41. The average Bonchev–Trinajstić information content (AvgIpc) is 2.28. The van der Waals surface area contributed by atoms with E-state index in [1.807, 2.05) is 0 Å². The Morgan fingerprint density at radius 2 is 1.85 bits per heavy atom. The first kappa shape index (κ1) is 17.8. The molecule has 0 radical (unpaired) electrons. The SMILES string of the molecule is Cc1cc(Cl)cc(C)c1CN1CCC(N)C(C)(C)C1.Cl. The van der Waals surface area contributed by atoms with Crippen LogP contribution in [0.3, 0.4) is 0 Å². The average molecular weight is 317 g/mol. The number of likely N-dealkylation sites (tertiary alicyclic amines) is 1. The second-order valence-corrected chi connectivity index (χ2v) is 7.05. The van der Waals surface area contributed by atoms with Gasteiger partial charge < -0.3 is 5.73 Å². The standard InChI is InChI=1S/C16H25ClN2.ClH/c1-11-7-13(17)8-12(2)14(11)9-19-6-5-15(18)16(3,4)10-19;/h7-8,15H,5-6,9-10,18H2,1-4H3;1H. The zero-order chi connectivity index (χ0) is 14.2. The minimum atomic E-state index is 0. The van der Waals surface area contributed by atoms with Crippen molar-refractivity contribution >= 4 is 24.0 Å². The van der Waals surface area contributed by atoms with Gasteiger partial charge in [0.25, 0.3) is 0 Å². The van der Waals surface area contributed by atoms with Crippen molar-refractivity contribution in [3.05, 3.63) is 33.8 Å². The number of aryl methyl sites for hydroxylation is 2. The van der Waals surface area contributed by atoms with Crippen LogP contribution in [0.1, 0.15) is 37.0 Å². The Bertz CT molecular complexity index is 449. The lowest BCUT2D eigenvalue weighted by atomic mass is 9.79. The van der Waals surface area contributed by atoms with Gasteiger partial charge in [-0.05, 0) is 54.5 Å². The monoisotopic (exact) mass is 316 g/mol. The molecule has 4 heteroatoms. The van der Waals surface area contributed by atoms with Crippen molar-refractivity contribution in [1.29, 1.82) is 0 Å². The Morgan fingerprint density at radius 3 is 2.35 bits per heavy atom. The number of nitrogens with zero attached hydrogens (tertiary/aromatic N) is 1. The smallest absolute Gasteiger partial charge is 0.0411 e. The van der Waals surface area contributed by atoms with Crippen LogP contribution in [0.2, 0.25) is 5.02 Å². The molecule has 2 N–H and O–H groups in total. The minimum absolute atomic E-state index is 0. The van der Waals surface area contributed by atoms with E-state index >= 15 is 0 Å². The lowest BCUT2D eigenvalue weighted by molar-refractivity contribution is 0.0896. The molecule has 0 aromatic heterocycles. The Kier molecular flexibility index (Phi) is 5.91. The van der Waals surface area contributed by atoms with E-state index in [0.717, 1.165) is 31.1 Å². The van der Waals surface area contributed by atoms with Crippen LogP contribution in [-0.4, -0.2) is 24.0 Å². The van der Waals surface area contributed by atoms with Crippen molar-refractivity contribution < 1.29 is 0 Å². The van der Waals surface area contributed by atoms with Gasteiger partial charge in [0.05, 0.1) is 0 Å². The Labute approximate surface area is 134 Å². The van der Waals surface area contributed by atoms with Crippen molar-refractivity contribution in [2.24, 2.45) is 11.1 Å². The lowest BCUT2D eigenvalue weighted by Gasteiger charge is -2.43. The van der Waals surface area contributed by atoms with Crippen LogP contribution in [0.4, 0.5) is 0 Å². The molecule has 1 aromatic rings. The summed E-state index contributed by atoms with van der Waals surface area (Å²) in [6, 6.07) is 4.44. The highest BCUT2D eigenvalue weighted by Gasteiger charge is 2.33. The molecule has 1 fully saturated rings. The van der Waals surface area contributed by atoms with Crippen LogP contribution < -0.4 is 5.73 Å². The molecule has 0 aliphatic carbocycles. The highest BCUT2D eigenvalue weighted by molar-refractivity contribution is 6.30. The van der Waals surface area contributed by atoms with E-state index < -0.39 is 0 Å². The Balaban J connectivity index is 0.00000200. The Morgan fingerprint density at radius 1 is 1.30 bits per heavy atom. The molecule has 1 unspecified atom stereocenters. The van der Waals surface area contributed by atoms with Crippen LogP contribution in [0, 0.1) is 19.3 Å². The summed E-state index contributed by atoms with van der Waals surface area (Å²) in [6.45, 7) is 12.0. The molecule has 0 saturated carbocycles. The predicted octanol–water partition coefficient (Wildman–Crippen LogP) is 3.94. The molecule has 1 aromatic carbocycles.